The average Bonchev–Trinajstić information content (AvgIpc) is 2.94. The number of aliphatic imine (C=N–C) groups is 2. The van der Waals surface area contributed by atoms with Gasteiger partial charge in [0.1, 0.15) is 0 Å². The van der Waals surface area contributed by atoms with Gasteiger partial charge in [0.25, 0.3) is 0 Å². The van der Waals surface area contributed by atoms with E-state index in [9.17, 15) is 0 Å². The molecular weight excluding hydrogens is 214 g/mol. The zero-order valence-corrected chi connectivity index (χ0v) is 11.9. The number of rotatable bonds is 4. The molecule has 0 spiro atoms. The molecule has 4 heteroatoms. The highest BCUT2D eigenvalue weighted by molar-refractivity contribution is 5.95. The summed E-state index contributed by atoms with van der Waals surface area (Å²) in [6, 6.07) is 0.647. The molecule has 1 rings (SSSR count). The van der Waals surface area contributed by atoms with Gasteiger partial charge in [-0.25, -0.2) is 9.98 Å². The predicted octanol–water partition coefficient (Wildman–Crippen LogP) is 2.34. The van der Waals surface area contributed by atoms with Gasteiger partial charge in [-0.1, -0.05) is 0 Å². The van der Waals surface area contributed by atoms with Crippen molar-refractivity contribution >= 4 is 11.7 Å². The Kier molecular flexibility index (Phi) is 5.12. The van der Waals surface area contributed by atoms with Crippen LogP contribution in [-0.4, -0.2) is 47.9 Å². The minimum atomic E-state index is 0.259. The smallest absolute Gasteiger partial charge is 0.221 e. The highest BCUT2D eigenvalue weighted by atomic mass is 16.6. The van der Waals surface area contributed by atoms with Gasteiger partial charge in [0, 0.05) is 24.3 Å². The number of epoxide rings is 1. The molecule has 1 fully saturated rings. The zero-order chi connectivity index (χ0) is 13.0. The Morgan fingerprint density at radius 1 is 1.29 bits per heavy atom. The Morgan fingerprint density at radius 2 is 1.88 bits per heavy atom. The van der Waals surface area contributed by atoms with Crippen molar-refractivity contribution in [1.29, 1.82) is 0 Å². The molecule has 0 saturated carbocycles. The topological polar surface area (TPSA) is 40.5 Å². The van der Waals surface area contributed by atoms with E-state index in [-0.39, 0.29) is 6.04 Å². The maximum Gasteiger partial charge on any atom is 0.221 e. The molecule has 1 aliphatic heterocycles. The van der Waals surface area contributed by atoms with Crippen LogP contribution in [-0.2, 0) is 4.74 Å². The van der Waals surface area contributed by atoms with E-state index in [1.54, 1.807) is 0 Å². The largest absolute Gasteiger partial charge is 0.371 e. The van der Waals surface area contributed by atoms with Crippen LogP contribution in [0.3, 0.4) is 0 Å². The first-order chi connectivity index (χ1) is 7.90. The molecule has 0 aliphatic carbocycles. The summed E-state index contributed by atoms with van der Waals surface area (Å²) in [5.41, 5.74) is 1.03. The van der Waals surface area contributed by atoms with Gasteiger partial charge in [-0.2, -0.15) is 0 Å². The monoisotopic (exact) mass is 239 g/mol. The summed E-state index contributed by atoms with van der Waals surface area (Å²) >= 11 is 0. The van der Waals surface area contributed by atoms with Crippen molar-refractivity contribution < 1.29 is 4.74 Å². The number of guanidine groups is 1. The van der Waals surface area contributed by atoms with E-state index in [1.807, 2.05) is 13.8 Å². The first-order valence-corrected chi connectivity index (χ1v) is 6.38. The Labute approximate surface area is 105 Å². The lowest BCUT2D eigenvalue weighted by molar-refractivity contribution is 0.293. The van der Waals surface area contributed by atoms with Crippen molar-refractivity contribution in [1.82, 2.24) is 4.90 Å². The van der Waals surface area contributed by atoms with Crippen molar-refractivity contribution in [3.05, 3.63) is 0 Å². The van der Waals surface area contributed by atoms with E-state index >= 15 is 0 Å². The lowest BCUT2D eigenvalue weighted by Crippen LogP contribution is -2.39. The lowest BCUT2D eigenvalue weighted by atomic mass is 10.3. The van der Waals surface area contributed by atoms with Crippen LogP contribution in [0.2, 0.25) is 0 Å². The molecule has 0 amide bonds. The molecular formula is C13H25N3O. The van der Waals surface area contributed by atoms with E-state index in [4.69, 9.17) is 4.74 Å². The van der Waals surface area contributed by atoms with Gasteiger partial charge in [0.2, 0.25) is 5.96 Å². The average molecular weight is 239 g/mol. The summed E-state index contributed by atoms with van der Waals surface area (Å²) in [7, 11) is 0. The van der Waals surface area contributed by atoms with E-state index in [0.717, 1.165) is 24.8 Å². The fourth-order valence-electron chi connectivity index (χ4n) is 1.51. The molecule has 1 heterocycles. The summed E-state index contributed by atoms with van der Waals surface area (Å²) in [5, 5.41) is 0. The molecule has 0 radical (unpaired) electrons. The van der Waals surface area contributed by atoms with Crippen molar-refractivity contribution in [2.75, 3.05) is 13.2 Å². The second kappa shape index (κ2) is 6.15. The van der Waals surface area contributed by atoms with Gasteiger partial charge in [0.05, 0.1) is 12.7 Å². The molecule has 0 aromatic heterocycles. The Bertz CT molecular complexity index is 300. The molecule has 0 bridgehead atoms. The van der Waals surface area contributed by atoms with Crippen LogP contribution in [0.25, 0.3) is 0 Å². The molecule has 17 heavy (non-hydrogen) atoms. The van der Waals surface area contributed by atoms with E-state index in [1.165, 1.54) is 0 Å². The van der Waals surface area contributed by atoms with E-state index < -0.39 is 0 Å². The summed E-state index contributed by atoms with van der Waals surface area (Å²) in [6.45, 7) is 14.2. The molecule has 0 aromatic carbocycles. The minimum Gasteiger partial charge on any atom is -0.371 e. The summed E-state index contributed by atoms with van der Waals surface area (Å²) in [6.07, 6.45) is 0.363. The molecule has 1 saturated heterocycles. The van der Waals surface area contributed by atoms with Crippen LogP contribution < -0.4 is 0 Å². The standard InChI is InChI=1S/C13H25N3O/c1-9(2)14-13(15-10(3)4)16(11(5)6)7-12-8-17-12/h9,11-12H,7-8H2,1-6H3. The normalized spacial score (nSPS) is 19.8. The molecule has 98 valence electrons. The maximum atomic E-state index is 5.30. The van der Waals surface area contributed by atoms with Gasteiger partial charge in [-0.15, -0.1) is 0 Å². The Hall–Kier alpha value is -0.900. The Morgan fingerprint density at radius 3 is 2.24 bits per heavy atom. The van der Waals surface area contributed by atoms with Crippen molar-refractivity contribution in [3.63, 3.8) is 0 Å². The number of hydrogen-bond acceptors (Lipinski definition) is 2. The lowest BCUT2D eigenvalue weighted by Gasteiger charge is -2.27. The predicted molar refractivity (Wildman–Crippen MR) is 72.9 cm³/mol. The SMILES string of the molecule is CC(C)=NC(=NC(C)C)N(CC1CO1)C(C)C. The van der Waals surface area contributed by atoms with Crippen LogP contribution in [0.5, 0.6) is 0 Å². The first-order valence-electron chi connectivity index (χ1n) is 6.38. The number of ether oxygens (including phenoxy) is 1. The fourth-order valence-corrected chi connectivity index (χ4v) is 1.51. The third-order valence-electron chi connectivity index (χ3n) is 2.38. The quantitative estimate of drug-likeness (QED) is 0.429. The van der Waals surface area contributed by atoms with E-state index in [0.29, 0.717) is 12.1 Å². The van der Waals surface area contributed by atoms with Gasteiger partial charge < -0.3 is 9.64 Å². The van der Waals surface area contributed by atoms with Crippen LogP contribution in [0, 0.1) is 0 Å². The van der Waals surface area contributed by atoms with Crippen LogP contribution in [0.1, 0.15) is 41.5 Å². The van der Waals surface area contributed by atoms with Crippen molar-refractivity contribution in [3.8, 4) is 0 Å². The van der Waals surface area contributed by atoms with Gasteiger partial charge >= 0.3 is 0 Å². The number of hydrogen-bond donors (Lipinski definition) is 0. The third-order valence-corrected chi connectivity index (χ3v) is 2.38. The molecule has 4 nitrogen and oxygen atoms in total. The maximum absolute atomic E-state index is 5.30. The summed E-state index contributed by atoms with van der Waals surface area (Å²) < 4.78 is 5.30. The minimum absolute atomic E-state index is 0.259. The second-order valence-electron chi connectivity index (χ2n) is 5.28. The van der Waals surface area contributed by atoms with Crippen molar-refractivity contribution in [2.45, 2.75) is 59.7 Å². The van der Waals surface area contributed by atoms with Crippen LogP contribution >= 0.6 is 0 Å². The molecule has 0 aromatic rings. The number of nitrogens with zero attached hydrogens (tertiary/aromatic N) is 3. The highest BCUT2D eigenvalue weighted by Gasteiger charge is 2.28. The van der Waals surface area contributed by atoms with Crippen LogP contribution in [0.4, 0.5) is 0 Å². The third kappa shape index (κ3) is 5.31. The second-order valence-corrected chi connectivity index (χ2v) is 5.28. The molecule has 1 unspecified atom stereocenters. The molecule has 1 atom stereocenters. The van der Waals surface area contributed by atoms with E-state index in [2.05, 4.69) is 42.6 Å². The summed E-state index contributed by atoms with van der Waals surface area (Å²) in [5.74, 6) is 0.838. The fraction of sp³-hybridized carbons (Fsp3) is 0.846. The molecule has 1 aliphatic rings. The van der Waals surface area contributed by atoms with Crippen LogP contribution in [0.15, 0.2) is 9.98 Å². The van der Waals surface area contributed by atoms with Gasteiger partial charge in [0.15, 0.2) is 0 Å². The summed E-state index contributed by atoms with van der Waals surface area (Å²) in [4.78, 5) is 11.4. The molecule has 0 N–H and O–H groups in total. The van der Waals surface area contributed by atoms with Gasteiger partial charge in [-0.05, 0) is 41.5 Å². The van der Waals surface area contributed by atoms with Gasteiger partial charge in [-0.3, -0.25) is 0 Å². The van der Waals surface area contributed by atoms with Crippen molar-refractivity contribution in [2.24, 2.45) is 9.98 Å². The zero-order valence-electron chi connectivity index (χ0n) is 11.9. The first kappa shape index (κ1) is 14.2. The highest BCUT2D eigenvalue weighted by Crippen LogP contribution is 2.14. The Balaban J connectivity index is 2.86.